The lowest BCUT2D eigenvalue weighted by atomic mass is 9.91. The Balaban J connectivity index is 0.792. The van der Waals surface area contributed by atoms with Gasteiger partial charge in [0.25, 0.3) is 0 Å². The van der Waals surface area contributed by atoms with Crippen molar-refractivity contribution < 1.29 is 0 Å². The molecule has 0 amide bonds. The van der Waals surface area contributed by atoms with E-state index < -0.39 is 0 Å². The van der Waals surface area contributed by atoms with Crippen molar-refractivity contribution >= 4 is 138 Å². The van der Waals surface area contributed by atoms with Gasteiger partial charge in [-0.25, -0.2) is 0 Å². The van der Waals surface area contributed by atoms with E-state index in [1.54, 1.807) is 0 Å². The third-order valence-electron chi connectivity index (χ3n) is 19.8. The minimum atomic E-state index is 0.994. The second-order valence-corrected chi connectivity index (χ2v) is 25.7. The van der Waals surface area contributed by atoms with Gasteiger partial charge in [0.2, 0.25) is 0 Å². The monoisotopic (exact) mass is 1300 g/mol. The van der Waals surface area contributed by atoms with Gasteiger partial charge in [-0.15, -0.1) is 0 Å². The van der Waals surface area contributed by atoms with Crippen LogP contribution in [-0.2, 0) is 0 Å². The first-order valence-corrected chi connectivity index (χ1v) is 36.1. The molecular weight excluding hydrogens is 1210 g/mol. The van der Waals surface area contributed by atoms with Gasteiger partial charge in [0, 0.05) is 109 Å². The van der Waals surface area contributed by atoms with E-state index in [1.165, 1.54) is 88.4 Å². The highest BCUT2D eigenvalue weighted by Crippen LogP contribution is 2.44. The number of benzene rings is 13. The quantitative estimate of drug-likeness (QED) is 0.0375. The van der Waals surface area contributed by atoms with Crippen molar-refractivity contribution in [3.63, 3.8) is 0 Å². The van der Waals surface area contributed by atoms with Crippen LogP contribution in [-0.4, -0.2) is 52.4 Å². The van der Waals surface area contributed by atoms with E-state index in [0.29, 0.717) is 0 Å². The van der Waals surface area contributed by atoms with E-state index in [9.17, 15) is 0 Å². The zero-order chi connectivity index (χ0) is 68.9. The molecule has 6 nitrogen and oxygen atoms in total. The molecule has 498 valence electrons. The first kappa shape index (κ1) is 67.2. The maximum atomic E-state index is 2.40. The van der Waals surface area contributed by atoms with Crippen molar-refractivity contribution in [2.45, 2.75) is 55.4 Å². The Morgan fingerprint density at radius 3 is 0.570 bits per heavy atom. The predicted octanol–water partition coefficient (Wildman–Crippen LogP) is 25.3. The molecular formula is C94H92N6. The Morgan fingerprint density at radius 1 is 0.180 bits per heavy atom. The first-order valence-electron chi connectivity index (χ1n) is 36.1. The zero-order valence-corrected chi connectivity index (χ0v) is 59.4. The van der Waals surface area contributed by atoms with Crippen LogP contribution in [0.2, 0.25) is 0 Å². The summed E-state index contributed by atoms with van der Waals surface area (Å²) in [7, 11) is 0. The Bertz CT molecular complexity index is 4630. The fourth-order valence-electron chi connectivity index (χ4n) is 14.1. The molecule has 100 heavy (non-hydrogen) atoms. The SMILES string of the molecule is CCN(CC)c1ccc(/C=C/c2ccc(N(c3ccc(/C=C/c4ccc(N(CC)CC)cc4)cc3)c3ccc(-c4cc5ccc6cc(N(c7ccc(/C=C/c8ccc(N(CC)CC)cc8)cc7)c7ccc(/C=C/c8ccc(N(CC)CC)cc8)cc7)cc7ccc(c4)c5c67)cc3)cc2)cc1. The summed E-state index contributed by atoms with van der Waals surface area (Å²) >= 11 is 0. The highest BCUT2D eigenvalue weighted by atomic mass is 15.2. The van der Waals surface area contributed by atoms with E-state index in [2.05, 4.69) is 400 Å². The number of hydrogen-bond donors (Lipinski definition) is 0. The van der Waals surface area contributed by atoms with E-state index in [0.717, 1.165) is 109 Å². The normalized spacial score (nSPS) is 11.8. The van der Waals surface area contributed by atoms with Crippen molar-refractivity contribution in [2.75, 3.05) is 81.8 Å². The van der Waals surface area contributed by atoms with Crippen molar-refractivity contribution in [1.82, 2.24) is 0 Å². The average Bonchev–Trinajstić information content (AvgIpc) is 0.732. The van der Waals surface area contributed by atoms with Gasteiger partial charge >= 0.3 is 0 Å². The van der Waals surface area contributed by atoms with Crippen LogP contribution in [0, 0.1) is 0 Å². The molecule has 0 aliphatic carbocycles. The molecule has 6 heteroatoms. The number of hydrogen-bond acceptors (Lipinski definition) is 6. The van der Waals surface area contributed by atoms with E-state index in [1.807, 2.05) is 0 Å². The maximum absolute atomic E-state index is 2.40. The van der Waals surface area contributed by atoms with Crippen LogP contribution in [0.4, 0.5) is 56.9 Å². The zero-order valence-electron chi connectivity index (χ0n) is 59.4. The average molecular weight is 1310 g/mol. The van der Waals surface area contributed by atoms with Crippen LogP contribution in [0.15, 0.2) is 267 Å². The second-order valence-electron chi connectivity index (χ2n) is 25.7. The van der Waals surface area contributed by atoms with Gasteiger partial charge in [-0.1, -0.05) is 182 Å². The fraction of sp³-hybridized carbons (Fsp3) is 0.170. The van der Waals surface area contributed by atoms with Crippen molar-refractivity contribution in [2.24, 2.45) is 0 Å². The van der Waals surface area contributed by atoms with Crippen LogP contribution >= 0.6 is 0 Å². The maximum Gasteiger partial charge on any atom is 0.0473 e. The van der Waals surface area contributed by atoms with Gasteiger partial charge in [0.1, 0.15) is 0 Å². The molecule has 0 radical (unpaired) electrons. The van der Waals surface area contributed by atoms with Crippen LogP contribution in [0.5, 0.6) is 0 Å². The lowest BCUT2D eigenvalue weighted by molar-refractivity contribution is 0.866. The molecule has 0 N–H and O–H groups in total. The predicted molar refractivity (Wildman–Crippen MR) is 441 cm³/mol. The number of rotatable bonds is 27. The van der Waals surface area contributed by atoms with Gasteiger partial charge in [-0.3, -0.25) is 0 Å². The molecule has 0 heterocycles. The molecule has 0 aliphatic rings. The Labute approximate surface area is 594 Å². The van der Waals surface area contributed by atoms with E-state index >= 15 is 0 Å². The van der Waals surface area contributed by atoms with Gasteiger partial charge in [-0.2, -0.15) is 0 Å². The molecule has 13 aromatic rings. The van der Waals surface area contributed by atoms with Crippen LogP contribution < -0.4 is 29.4 Å². The highest BCUT2D eigenvalue weighted by Gasteiger charge is 2.19. The van der Waals surface area contributed by atoms with Gasteiger partial charge in [-0.05, 0) is 277 Å². The fourth-order valence-corrected chi connectivity index (χ4v) is 14.1. The molecule has 0 atom stereocenters. The van der Waals surface area contributed by atoms with E-state index in [4.69, 9.17) is 0 Å². The van der Waals surface area contributed by atoms with Crippen molar-refractivity contribution in [3.8, 4) is 11.1 Å². The molecule has 0 saturated heterocycles. The van der Waals surface area contributed by atoms with Crippen LogP contribution in [0.3, 0.4) is 0 Å². The summed E-state index contributed by atoms with van der Waals surface area (Å²) in [6, 6.07) is 99.1. The Hall–Kier alpha value is -11.3. The smallest absolute Gasteiger partial charge is 0.0473 e. The standard InChI is InChI=1S/C94H92N6/c1-9-95(10-2)83-47-25-69(26-48-83)17-21-73-33-55-87(56-34-73)99(88-57-35-74(36-58-88)22-18-70-27-49-84(50-28-70)96(11-3)12-4)91-63-45-77(46-64-91)82-65-78-41-43-80-67-92(68-81-44-42-79(66-82)93(78)94(80)81)100(89-59-37-75(38-60-89)23-19-71-29-51-85(52-30-71)97(13-5)14-6)90-61-39-76(40-62-90)24-20-72-31-53-86(54-32-72)98(15-7)16-8/h17-68H,9-16H2,1-8H3/b21-17+,22-18+,23-19+,24-20+. The number of nitrogens with zero attached hydrogens (tertiary/aromatic N) is 6. The number of anilines is 10. The summed E-state index contributed by atoms with van der Waals surface area (Å²) < 4.78 is 0. The van der Waals surface area contributed by atoms with Gasteiger partial charge in [0.15, 0.2) is 0 Å². The molecule has 0 unspecified atom stereocenters. The summed E-state index contributed by atoms with van der Waals surface area (Å²) in [5.41, 5.74) is 23.2. The molecule has 13 rings (SSSR count). The summed E-state index contributed by atoms with van der Waals surface area (Å²) in [4.78, 5) is 14.3. The molecule has 0 saturated carbocycles. The Kier molecular flexibility index (Phi) is 21.2. The lowest BCUT2D eigenvalue weighted by Gasteiger charge is -2.27. The lowest BCUT2D eigenvalue weighted by Crippen LogP contribution is -2.21. The molecule has 0 fully saturated rings. The van der Waals surface area contributed by atoms with Crippen LogP contribution in [0.25, 0.3) is 92.1 Å². The molecule has 0 bridgehead atoms. The minimum absolute atomic E-state index is 0.994. The largest absolute Gasteiger partial charge is 0.372 e. The molecule has 0 spiro atoms. The molecule has 0 aliphatic heterocycles. The second kappa shape index (κ2) is 31.5. The summed E-state index contributed by atoms with van der Waals surface area (Å²) in [5.74, 6) is 0. The molecule has 13 aromatic carbocycles. The summed E-state index contributed by atoms with van der Waals surface area (Å²) in [6.45, 7) is 25.6. The topological polar surface area (TPSA) is 19.4 Å². The minimum Gasteiger partial charge on any atom is -0.372 e. The first-order chi connectivity index (χ1) is 49.1. The highest BCUT2D eigenvalue weighted by molar-refractivity contribution is 6.24. The van der Waals surface area contributed by atoms with E-state index in [-0.39, 0.29) is 0 Å². The summed E-state index contributed by atoms with van der Waals surface area (Å²) in [6.07, 6.45) is 17.7. The Morgan fingerprint density at radius 2 is 0.360 bits per heavy atom. The third-order valence-corrected chi connectivity index (χ3v) is 19.8. The summed E-state index contributed by atoms with van der Waals surface area (Å²) in [5, 5.41) is 7.44. The van der Waals surface area contributed by atoms with Gasteiger partial charge in [0.05, 0.1) is 0 Å². The van der Waals surface area contributed by atoms with Crippen molar-refractivity contribution in [3.05, 3.63) is 311 Å². The van der Waals surface area contributed by atoms with Gasteiger partial charge < -0.3 is 29.4 Å². The third kappa shape index (κ3) is 15.2. The van der Waals surface area contributed by atoms with Crippen LogP contribution in [0.1, 0.15) is 99.9 Å². The van der Waals surface area contributed by atoms with Crippen molar-refractivity contribution in [1.29, 1.82) is 0 Å². The molecule has 0 aromatic heterocycles.